The zero-order valence-electron chi connectivity index (χ0n) is 13.6. The summed E-state index contributed by atoms with van der Waals surface area (Å²) in [5.74, 6) is 0.0156. The van der Waals surface area contributed by atoms with Crippen LogP contribution in [0, 0.1) is 6.92 Å². The highest BCUT2D eigenvalue weighted by Gasteiger charge is 2.12. The Balaban J connectivity index is 1.94. The summed E-state index contributed by atoms with van der Waals surface area (Å²) in [6, 6.07) is 16.1. The summed E-state index contributed by atoms with van der Waals surface area (Å²) in [6.45, 7) is 8.60. The monoisotopic (exact) mass is 313 g/mol. The van der Waals surface area contributed by atoms with Crippen LogP contribution < -0.4 is 5.32 Å². The van der Waals surface area contributed by atoms with E-state index in [0.717, 1.165) is 11.3 Å². The second-order valence-electron chi connectivity index (χ2n) is 6.45. The fraction of sp³-hybridized carbons (Fsp3) is 0.316. The van der Waals surface area contributed by atoms with Gasteiger partial charge in [-0.2, -0.15) is 0 Å². The normalized spacial score (nSPS) is 11.3. The Morgan fingerprint density at radius 3 is 2.36 bits per heavy atom. The lowest BCUT2D eigenvalue weighted by Crippen LogP contribution is -2.14. The second-order valence-corrected chi connectivity index (χ2v) is 8.35. The molecule has 0 saturated carbocycles. The zero-order valence-corrected chi connectivity index (χ0v) is 14.5. The first kappa shape index (κ1) is 16.6. The van der Waals surface area contributed by atoms with E-state index in [0.29, 0.717) is 6.42 Å². The summed E-state index contributed by atoms with van der Waals surface area (Å²) in [4.78, 5) is 13.3. The molecule has 0 bridgehead atoms. The molecule has 2 aromatic rings. The van der Waals surface area contributed by atoms with Crippen LogP contribution in [0.4, 0.5) is 5.69 Å². The highest BCUT2D eigenvalue weighted by molar-refractivity contribution is 8.00. The smallest absolute Gasteiger partial charge is 0.228 e. The number of nitrogens with one attached hydrogen (secondary N) is 1. The number of hydrogen-bond acceptors (Lipinski definition) is 2. The average Bonchev–Trinajstić information content (AvgIpc) is 2.39. The van der Waals surface area contributed by atoms with E-state index in [2.05, 4.69) is 38.2 Å². The van der Waals surface area contributed by atoms with Crippen LogP contribution >= 0.6 is 11.8 Å². The molecular weight excluding hydrogens is 290 g/mol. The Bertz CT molecular complexity index is 641. The predicted molar refractivity (Wildman–Crippen MR) is 95.6 cm³/mol. The van der Waals surface area contributed by atoms with Crippen molar-refractivity contribution in [1.29, 1.82) is 0 Å². The number of thioether (sulfide) groups is 1. The molecule has 22 heavy (non-hydrogen) atoms. The van der Waals surface area contributed by atoms with Gasteiger partial charge in [-0.3, -0.25) is 4.79 Å². The summed E-state index contributed by atoms with van der Waals surface area (Å²) in [5, 5.41) is 2.95. The molecule has 0 unspecified atom stereocenters. The molecule has 0 spiro atoms. The standard InChI is InChI=1S/C19H23NOS/c1-14-6-5-7-15(12-14)13-18(21)20-16-8-10-17(11-9-16)22-19(2,3)4/h5-12H,13H2,1-4H3,(H,20,21). The van der Waals surface area contributed by atoms with Crippen LogP contribution in [0.15, 0.2) is 53.4 Å². The van der Waals surface area contributed by atoms with E-state index in [9.17, 15) is 4.79 Å². The van der Waals surface area contributed by atoms with E-state index >= 15 is 0 Å². The van der Waals surface area contributed by atoms with Crippen molar-refractivity contribution in [2.24, 2.45) is 0 Å². The van der Waals surface area contributed by atoms with E-state index in [1.54, 1.807) is 0 Å². The summed E-state index contributed by atoms with van der Waals surface area (Å²) in [5.41, 5.74) is 3.06. The van der Waals surface area contributed by atoms with Crippen LogP contribution in [-0.2, 0) is 11.2 Å². The lowest BCUT2D eigenvalue weighted by Gasteiger charge is -2.17. The van der Waals surface area contributed by atoms with E-state index in [4.69, 9.17) is 0 Å². The maximum atomic E-state index is 12.1. The number of aryl methyl sites for hydroxylation is 1. The molecular formula is C19H23NOS. The van der Waals surface area contributed by atoms with Crippen molar-refractivity contribution in [3.8, 4) is 0 Å². The molecule has 0 radical (unpaired) electrons. The van der Waals surface area contributed by atoms with Gasteiger partial charge in [-0.05, 0) is 36.8 Å². The molecule has 1 amide bonds. The molecule has 2 aromatic carbocycles. The summed E-state index contributed by atoms with van der Waals surface area (Å²) in [6.07, 6.45) is 0.403. The number of rotatable bonds is 4. The van der Waals surface area contributed by atoms with Gasteiger partial charge in [0, 0.05) is 15.3 Å². The van der Waals surface area contributed by atoms with Gasteiger partial charge in [0.1, 0.15) is 0 Å². The van der Waals surface area contributed by atoms with E-state index in [1.165, 1.54) is 10.5 Å². The Kier molecular flexibility index (Phi) is 5.30. The number of carbonyl (C=O) groups excluding carboxylic acids is 1. The Morgan fingerprint density at radius 2 is 1.77 bits per heavy atom. The summed E-state index contributed by atoms with van der Waals surface area (Å²) in [7, 11) is 0. The minimum absolute atomic E-state index is 0.0156. The molecule has 0 aliphatic rings. The summed E-state index contributed by atoms with van der Waals surface area (Å²) < 4.78 is 0.190. The van der Waals surface area contributed by atoms with E-state index in [1.807, 2.05) is 55.1 Å². The van der Waals surface area contributed by atoms with Crippen LogP contribution in [-0.4, -0.2) is 10.7 Å². The molecule has 0 aromatic heterocycles. The van der Waals surface area contributed by atoms with Gasteiger partial charge >= 0.3 is 0 Å². The Morgan fingerprint density at radius 1 is 1.09 bits per heavy atom. The number of amides is 1. The van der Waals surface area contributed by atoms with E-state index in [-0.39, 0.29) is 10.7 Å². The van der Waals surface area contributed by atoms with Gasteiger partial charge < -0.3 is 5.32 Å². The van der Waals surface area contributed by atoms with Crippen molar-refractivity contribution >= 4 is 23.4 Å². The Hall–Kier alpha value is -1.74. The maximum Gasteiger partial charge on any atom is 0.228 e. The highest BCUT2D eigenvalue weighted by atomic mass is 32.2. The van der Waals surface area contributed by atoms with Crippen LogP contribution in [0.2, 0.25) is 0 Å². The first-order valence-electron chi connectivity index (χ1n) is 7.46. The lowest BCUT2D eigenvalue weighted by atomic mass is 10.1. The fourth-order valence-corrected chi connectivity index (χ4v) is 3.15. The molecule has 1 N–H and O–H groups in total. The third-order valence-corrected chi connectivity index (χ3v) is 4.13. The minimum atomic E-state index is 0.0156. The van der Waals surface area contributed by atoms with Crippen LogP contribution in [0.25, 0.3) is 0 Å². The fourth-order valence-electron chi connectivity index (χ4n) is 2.17. The largest absolute Gasteiger partial charge is 0.326 e. The lowest BCUT2D eigenvalue weighted by molar-refractivity contribution is -0.115. The van der Waals surface area contributed by atoms with Crippen molar-refractivity contribution in [2.45, 2.75) is 43.8 Å². The quantitative estimate of drug-likeness (QED) is 0.799. The maximum absolute atomic E-state index is 12.1. The van der Waals surface area contributed by atoms with E-state index < -0.39 is 0 Å². The first-order valence-corrected chi connectivity index (χ1v) is 8.28. The minimum Gasteiger partial charge on any atom is -0.326 e. The second kappa shape index (κ2) is 7.01. The van der Waals surface area contributed by atoms with Gasteiger partial charge in [-0.15, -0.1) is 11.8 Å². The summed E-state index contributed by atoms with van der Waals surface area (Å²) >= 11 is 1.82. The third kappa shape index (κ3) is 5.57. The van der Waals surface area contributed by atoms with Crippen molar-refractivity contribution in [2.75, 3.05) is 5.32 Å². The molecule has 2 rings (SSSR count). The molecule has 116 valence electrons. The molecule has 3 heteroatoms. The van der Waals surface area contributed by atoms with Gasteiger partial charge in [-0.25, -0.2) is 0 Å². The van der Waals surface area contributed by atoms with Crippen LogP contribution in [0.5, 0.6) is 0 Å². The molecule has 0 saturated heterocycles. The number of benzene rings is 2. The molecule has 0 atom stereocenters. The molecule has 0 aliphatic carbocycles. The van der Waals surface area contributed by atoms with Crippen molar-refractivity contribution < 1.29 is 4.79 Å². The molecule has 0 heterocycles. The predicted octanol–water partition coefficient (Wildman–Crippen LogP) is 5.07. The van der Waals surface area contributed by atoms with Gasteiger partial charge in [-0.1, -0.05) is 50.6 Å². The highest BCUT2D eigenvalue weighted by Crippen LogP contribution is 2.32. The Labute approximate surface area is 137 Å². The van der Waals surface area contributed by atoms with Gasteiger partial charge in [0.15, 0.2) is 0 Å². The topological polar surface area (TPSA) is 29.1 Å². The molecule has 2 nitrogen and oxygen atoms in total. The van der Waals surface area contributed by atoms with Gasteiger partial charge in [0.05, 0.1) is 6.42 Å². The number of carbonyl (C=O) groups is 1. The third-order valence-electron chi connectivity index (χ3n) is 3.01. The van der Waals surface area contributed by atoms with Crippen molar-refractivity contribution in [3.63, 3.8) is 0 Å². The molecule has 0 fully saturated rings. The van der Waals surface area contributed by atoms with Crippen LogP contribution in [0.3, 0.4) is 0 Å². The zero-order chi connectivity index (χ0) is 16.2. The average molecular weight is 313 g/mol. The van der Waals surface area contributed by atoms with Crippen LogP contribution in [0.1, 0.15) is 31.9 Å². The number of anilines is 1. The first-order chi connectivity index (χ1) is 10.3. The van der Waals surface area contributed by atoms with Gasteiger partial charge in [0.2, 0.25) is 5.91 Å². The molecule has 0 aliphatic heterocycles. The number of hydrogen-bond donors (Lipinski definition) is 1. The SMILES string of the molecule is Cc1cccc(CC(=O)Nc2ccc(SC(C)(C)C)cc2)c1. The van der Waals surface area contributed by atoms with Crippen molar-refractivity contribution in [3.05, 3.63) is 59.7 Å². The van der Waals surface area contributed by atoms with Gasteiger partial charge in [0.25, 0.3) is 0 Å². The van der Waals surface area contributed by atoms with Crippen molar-refractivity contribution in [1.82, 2.24) is 0 Å².